The third-order valence-corrected chi connectivity index (χ3v) is 7.88. The number of aryl methyl sites for hydroxylation is 2. The largest absolute Gasteiger partial charge is 0.478 e. The number of carbonyl (C=O) groups excluding carboxylic acids is 1. The average Bonchev–Trinajstić information content (AvgIpc) is 3.39. The summed E-state index contributed by atoms with van der Waals surface area (Å²) in [4.78, 5) is 16.7. The normalized spacial score (nSPS) is 20.8. The van der Waals surface area contributed by atoms with Gasteiger partial charge in [0.25, 0.3) is 5.91 Å². The van der Waals surface area contributed by atoms with Gasteiger partial charge in [0.15, 0.2) is 16.6 Å². The van der Waals surface area contributed by atoms with Gasteiger partial charge in [-0.1, -0.05) is 36.4 Å². The second kappa shape index (κ2) is 9.76. The van der Waals surface area contributed by atoms with Crippen LogP contribution in [0.25, 0.3) is 4.91 Å². The number of ether oxygens (including phenoxy) is 2. The summed E-state index contributed by atoms with van der Waals surface area (Å²) >= 11 is 0. The van der Waals surface area contributed by atoms with E-state index in [1.807, 2.05) is 55.5 Å². The monoisotopic (exact) mass is 518 g/mol. The quantitative estimate of drug-likeness (QED) is 0.461. The summed E-state index contributed by atoms with van der Waals surface area (Å²) in [5.74, 6) is 0.817. The molecule has 2 aromatic carbocycles. The molecule has 1 aliphatic carbocycles. The topological polar surface area (TPSA) is 97.8 Å². The lowest BCUT2D eigenvalue weighted by Crippen LogP contribution is -2.33. The lowest BCUT2D eigenvalue weighted by atomic mass is 9.86. The van der Waals surface area contributed by atoms with Gasteiger partial charge in [-0.3, -0.25) is 9.52 Å². The van der Waals surface area contributed by atoms with Crippen LogP contribution in [0.3, 0.4) is 0 Å². The first kappa shape index (κ1) is 25.2. The number of fused-ring (bicyclic) bond motifs is 1. The van der Waals surface area contributed by atoms with Crippen LogP contribution in [0.4, 0.5) is 0 Å². The van der Waals surface area contributed by atoms with Crippen LogP contribution < -0.4 is 14.2 Å². The molecule has 1 aromatic heterocycles. The molecule has 8 heteroatoms. The van der Waals surface area contributed by atoms with Crippen LogP contribution in [0.1, 0.15) is 54.6 Å². The minimum Gasteiger partial charge on any atom is -0.478 e. The van der Waals surface area contributed by atoms with Crippen LogP contribution in [-0.4, -0.2) is 32.4 Å². The third-order valence-electron chi connectivity index (χ3n) is 6.74. The molecule has 0 radical (unpaired) electrons. The second-order valence-electron chi connectivity index (χ2n) is 10.0. The highest BCUT2D eigenvalue weighted by molar-refractivity contribution is 7.93. The third kappa shape index (κ3) is 5.17. The maximum absolute atomic E-state index is 12.2. The number of nitrogens with zero attached hydrogens (tertiary/aromatic N) is 1. The number of hydrogen-bond acceptors (Lipinski definition) is 6. The molecule has 3 aromatic rings. The zero-order chi connectivity index (χ0) is 26.2. The summed E-state index contributed by atoms with van der Waals surface area (Å²) in [5.41, 5.74) is 3.29. The molecule has 1 unspecified atom stereocenters. The van der Waals surface area contributed by atoms with E-state index in [9.17, 15) is 14.1 Å². The molecule has 5 rings (SSSR count). The Kier molecular flexibility index (Phi) is 6.64. The van der Waals surface area contributed by atoms with Crippen molar-refractivity contribution in [1.82, 2.24) is 9.71 Å². The molecule has 0 fully saturated rings. The van der Waals surface area contributed by atoms with E-state index in [1.165, 1.54) is 11.6 Å². The molecule has 2 heterocycles. The Morgan fingerprint density at radius 1 is 1.08 bits per heavy atom. The van der Waals surface area contributed by atoms with Gasteiger partial charge in [-0.25, -0.2) is 9.19 Å². The fourth-order valence-electron chi connectivity index (χ4n) is 4.90. The van der Waals surface area contributed by atoms with E-state index in [0.717, 1.165) is 29.7 Å². The molecule has 0 saturated heterocycles. The number of rotatable bonds is 8. The SMILES string of the molecule is Cc1nc(OCCC(C)(C)O)ccc1[C@@]1(Oc2ccc(C3=CC(=O)NS3=O)cc2)CCc2ccccc21. The molecule has 1 aliphatic heterocycles. The highest BCUT2D eigenvalue weighted by Crippen LogP contribution is 2.46. The molecule has 2 atom stereocenters. The van der Waals surface area contributed by atoms with Crippen molar-refractivity contribution < 1.29 is 23.6 Å². The van der Waals surface area contributed by atoms with Gasteiger partial charge >= 0.3 is 0 Å². The number of hydrogen-bond donors (Lipinski definition) is 2. The Balaban J connectivity index is 1.46. The lowest BCUT2D eigenvalue weighted by Gasteiger charge is -2.33. The van der Waals surface area contributed by atoms with Crippen molar-refractivity contribution in [3.05, 3.63) is 94.7 Å². The first-order valence-corrected chi connectivity index (χ1v) is 13.4. The van der Waals surface area contributed by atoms with Crippen molar-refractivity contribution in [1.29, 1.82) is 0 Å². The Morgan fingerprint density at radius 2 is 1.84 bits per heavy atom. The van der Waals surface area contributed by atoms with Crippen LogP contribution in [0.5, 0.6) is 11.6 Å². The minimum atomic E-state index is -1.55. The van der Waals surface area contributed by atoms with Crippen molar-refractivity contribution in [3.8, 4) is 11.6 Å². The molecule has 0 saturated carbocycles. The lowest BCUT2D eigenvalue weighted by molar-refractivity contribution is -0.114. The van der Waals surface area contributed by atoms with E-state index in [0.29, 0.717) is 35.1 Å². The van der Waals surface area contributed by atoms with Crippen LogP contribution in [0.15, 0.2) is 66.7 Å². The first-order chi connectivity index (χ1) is 17.6. The van der Waals surface area contributed by atoms with E-state index in [2.05, 4.69) is 16.9 Å². The Hall–Kier alpha value is -3.49. The van der Waals surface area contributed by atoms with Crippen LogP contribution >= 0.6 is 0 Å². The maximum atomic E-state index is 12.2. The van der Waals surface area contributed by atoms with E-state index in [-0.39, 0.29) is 5.91 Å². The summed E-state index contributed by atoms with van der Waals surface area (Å²) in [7, 11) is -1.55. The Morgan fingerprint density at radius 3 is 2.51 bits per heavy atom. The van der Waals surface area contributed by atoms with Crippen molar-refractivity contribution in [2.75, 3.05) is 6.61 Å². The number of aromatic nitrogens is 1. The number of benzene rings is 2. The predicted octanol–water partition coefficient (Wildman–Crippen LogP) is 4.33. The molecule has 0 spiro atoms. The Bertz CT molecular complexity index is 1390. The van der Waals surface area contributed by atoms with Gasteiger partial charge in [-0.05, 0) is 62.9 Å². The van der Waals surface area contributed by atoms with Gasteiger partial charge in [0, 0.05) is 35.4 Å². The predicted molar refractivity (Wildman–Crippen MR) is 142 cm³/mol. The highest BCUT2D eigenvalue weighted by Gasteiger charge is 2.44. The van der Waals surface area contributed by atoms with E-state index in [4.69, 9.17) is 14.5 Å². The summed E-state index contributed by atoms with van der Waals surface area (Å²) in [6.07, 6.45) is 3.49. The second-order valence-corrected chi connectivity index (χ2v) is 11.2. The van der Waals surface area contributed by atoms with Crippen molar-refractivity contribution in [3.63, 3.8) is 0 Å². The summed E-state index contributed by atoms with van der Waals surface area (Å²) in [6.45, 7) is 5.83. The molecular formula is C29H30N2O5S. The molecular weight excluding hydrogens is 488 g/mol. The van der Waals surface area contributed by atoms with E-state index >= 15 is 0 Å². The highest BCUT2D eigenvalue weighted by atomic mass is 32.2. The summed E-state index contributed by atoms with van der Waals surface area (Å²) in [6, 6.07) is 19.5. The van der Waals surface area contributed by atoms with Crippen molar-refractivity contribution >= 4 is 21.8 Å². The molecule has 0 bridgehead atoms. The van der Waals surface area contributed by atoms with Crippen LogP contribution in [0, 0.1) is 6.92 Å². The molecule has 2 N–H and O–H groups in total. The zero-order valence-electron chi connectivity index (χ0n) is 21.1. The van der Waals surface area contributed by atoms with Gasteiger partial charge in [0.2, 0.25) is 5.88 Å². The van der Waals surface area contributed by atoms with Crippen molar-refractivity contribution in [2.24, 2.45) is 0 Å². The van der Waals surface area contributed by atoms with Crippen molar-refractivity contribution in [2.45, 2.75) is 51.2 Å². The molecule has 7 nitrogen and oxygen atoms in total. The number of pyridine rings is 1. The van der Waals surface area contributed by atoms with Crippen LogP contribution in [-0.2, 0) is 27.8 Å². The fraction of sp³-hybridized carbons (Fsp3) is 0.310. The standard InChI is InChI=1S/C29H30N2O5S/c1-19-23(12-13-27(30-19)35-17-16-28(2,3)33)29(15-14-20-6-4-5-7-24(20)29)36-22-10-8-21(9-11-22)25-18-26(32)31-37(25)34/h4-13,18,33H,14-17H2,1-3H3,(H,31,32)/t29-,37?/m0/s1. The molecule has 192 valence electrons. The van der Waals surface area contributed by atoms with E-state index < -0.39 is 22.2 Å². The van der Waals surface area contributed by atoms with Crippen LogP contribution in [0.2, 0.25) is 0 Å². The number of carbonyl (C=O) groups is 1. The number of nitrogens with one attached hydrogen (secondary N) is 1. The number of aliphatic hydroxyl groups is 1. The smallest absolute Gasteiger partial charge is 0.257 e. The van der Waals surface area contributed by atoms with Gasteiger partial charge in [-0.15, -0.1) is 0 Å². The van der Waals surface area contributed by atoms with Gasteiger partial charge < -0.3 is 14.6 Å². The fourth-order valence-corrected chi connectivity index (χ4v) is 5.81. The Labute approximate surface area is 219 Å². The maximum Gasteiger partial charge on any atom is 0.257 e. The first-order valence-electron chi connectivity index (χ1n) is 12.3. The van der Waals surface area contributed by atoms with Gasteiger partial charge in [0.05, 0.1) is 17.1 Å². The summed E-state index contributed by atoms with van der Waals surface area (Å²) in [5, 5.41) is 9.96. The summed E-state index contributed by atoms with van der Waals surface area (Å²) < 4.78 is 27.1. The molecule has 2 aliphatic rings. The zero-order valence-corrected chi connectivity index (χ0v) is 21.9. The minimum absolute atomic E-state index is 0.356. The van der Waals surface area contributed by atoms with Gasteiger partial charge in [0.1, 0.15) is 5.75 Å². The molecule has 1 amide bonds. The van der Waals surface area contributed by atoms with Gasteiger partial charge in [-0.2, -0.15) is 0 Å². The number of amides is 1. The van der Waals surface area contributed by atoms with E-state index in [1.54, 1.807) is 13.8 Å². The average molecular weight is 519 g/mol. The molecule has 37 heavy (non-hydrogen) atoms.